The van der Waals surface area contributed by atoms with Gasteiger partial charge in [0.25, 0.3) is 0 Å². The highest BCUT2D eigenvalue weighted by molar-refractivity contribution is 5.87. The van der Waals surface area contributed by atoms with Crippen molar-refractivity contribution < 1.29 is 9.90 Å². The normalized spacial score (nSPS) is 11.2. The zero-order valence-corrected chi connectivity index (χ0v) is 10.9. The van der Waals surface area contributed by atoms with Crippen molar-refractivity contribution in [3.63, 3.8) is 0 Å². The molecule has 0 unspecified atom stereocenters. The van der Waals surface area contributed by atoms with E-state index in [0.29, 0.717) is 5.69 Å². The number of hydrogen-bond donors (Lipinski definition) is 2. The molecule has 18 heavy (non-hydrogen) atoms. The minimum absolute atomic E-state index is 0.0843. The number of nitrogens with one attached hydrogen (secondary N) is 1. The highest BCUT2D eigenvalue weighted by atomic mass is 16.4. The van der Waals surface area contributed by atoms with Gasteiger partial charge in [-0.2, -0.15) is 10.2 Å². The number of aromatic amines is 1. The number of carbonyl (C=O) groups is 1. The number of nitrogens with zero attached hydrogens (tertiary/aromatic N) is 3. The molecule has 0 aliphatic rings. The maximum Gasteiger partial charge on any atom is 0.353 e. The van der Waals surface area contributed by atoms with Crippen LogP contribution in [-0.4, -0.2) is 31.1 Å². The van der Waals surface area contributed by atoms with Crippen LogP contribution >= 0.6 is 0 Å². The van der Waals surface area contributed by atoms with E-state index in [2.05, 4.69) is 29.1 Å². The molecule has 2 aromatic heterocycles. The van der Waals surface area contributed by atoms with Crippen LogP contribution in [0.15, 0.2) is 6.07 Å². The van der Waals surface area contributed by atoms with E-state index in [1.165, 1.54) is 6.07 Å². The monoisotopic (exact) mass is 248 g/mol. The molecular weight excluding hydrogens is 232 g/mol. The van der Waals surface area contributed by atoms with E-state index in [9.17, 15) is 4.79 Å². The molecule has 6 heteroatoms. The van der Waals surface area contributed by atoms with Crippen LogP contribution in [0.25, 0.3) is 11.3 Å². The van der Waals surface area contributed by atoms with Crippen LogP contribution in [-0.2, 0) is 0 Å². The second kappa shape index (κ2) is 4.29. The number of aryl methyl sites for hydroxylation is 1. The SMILES string of the molecule is Cc1nn(C(C)C)c(C)c1-c1cc(C(=O)O)[nH]n1. The largest absolute Gasteiger partial charge is 0.477 e. The van der Waals surface area contributed by atoms with Crippen molar-refractivity contribution >= 4 is 5.97 Å². The third-order valence-electron chi connectivity index (χ3n) is 2.88. The summed E-state index contributed by atoms with van der Waals surface area (Å²) in [6.07, 6.45) is 0. The molecule has 0 spiro atoms. The van der Waals surface area contributed by atoms with Gasteiger partial charge in [0, 0.05) is 17.3 Å². The van der Waals surface area contributed by atoms with Crippen molar-refractivity contribution in [2.75, 3.05) is 0 Å². The molecule has 0 bridgehead atoms. The molecule has 0 aliphatic heterocycles. The van der Waals surface area contributed by atoms with Crippen molar-refractivity contribution in [1.29, 1.82) is 0 Å². The van der Waals surface area contributed by atoms with E-state index in [1.807, 2.05) is 18.5 Å². The van der Waals surface area contributed by atoms with Gasteiger partial charge in [-0.25, -0.2) is 4.79 Å². The first kappa shape index (κ1) is 12.3. The summed E-state index contributed by atoms with van der Waals surface area (Å²) in [6, 6.07) is 1.79. The Kier molecular flexibility index (Phi) is 2.94. The zero-order chi connectivity index (χ0) is 13.4. The molecule has 0 aliphatic carbocycles. The fourth-order valence-electron chi connectivity index (χ4n) is 2.10. The molecule has 0 atom stereocenters. The van der Waals surface area contributed by atoms with Gasteiger partial charge in [0.1, 0.15) is 5.69 Å². The van der Waals surface area contributed by atoms with Gasteiger partial charge < -0.3 is 5.11 Å². The quantitative estimate of drug-likeness (QED) is 0.871. The van der Waals surface area contributed by atoms with Crippen LogP contribution in [0.5, 0.6) is 0 Å². The standard InChI is InChI=1S/C12H16N4O2/c1-6(2)16-8(4)11(7(3)15-16)9-5-10(12(17)18)14-13-9/h5-6H,1-4H3,(H,13,14)(H,17,18). The Morgan fingerprint density at radius 3 is 2.56 bits per heavy atom. The lowest BCUT2D eigenvalue weighted by Crippen LogP contribution is -2.04. The maximum absolute atomic E-state index is 10.8. The van der Waals surface area contributed by atoms with Crippen molar-refractivity contribution in [2.45, 2.75) is 33.7 Å². The van der Waals surface area contributed by atoms with E-state index in [4.69, 9.17) is 5.11 Å². The summed E-state index contributed by atoms with van der Waals surface area (Å²) >= 11 is 0. The molecule has 0 fully saturated rings. The third-order valence-corrected chi connectivity index (χ3v) is 2.88. The highest BCUT2D eigenvalue weighted by Crippen LogP contribution is 2.27. The van der Waals surface area contributed by atoms with E-state index >= 15 is 0 Å². The third kappa shape index (κ3) is 1.90. The van der Waals surface area contributed by atoms with Gasteiger partial charge in [0.15, 0.2) is 0 Å². The molecule has 2 rings (SSSR count). The lowest BCUT2D eigenvalue weighted by atomic mass is 10.1. The van der Waals surface area contributed by atoms with E-state index in [0.717, 1.165) is 17.0 Å². The Labute approximate surface area is 105 Å². The second-order valence-electron chi connectivity index (χ2n) is 4.56. The van der Waals surface area contributed by atoms with Gasteiger partial charge in [0.05, 0.1) is 11.4 Å². The van der Waals surface area contributed by atoms with Crippen molar-refractivity contribution in [3.8, 4) is 11.3 Å². The first-order valence-corrected chi connectivity index (χ1v) is 5.76. The molecule has 2 N–H and O–H groups in total. The zero-order valence-electron chi connectivity index (χ0n) is 10.9. The average molecular weight is 248 g/mol. The van der Waals surface area contributed by atoms with Crippen LogP contribution in [0, 0.1) is 13.8 Å². The molecule has 0 aromatic carbocycles. The minimum Gasteiger partial charge on any atom is -0.477 e. The summed E-state index contributed by atoms with van der Waals surface area (Å²) in [7, 11) is 0. The number of H-pyrrole nitrogens is 1. The highest BCUT2D eigenvalue weighted by Gasteiger charge is 2.18. The fraction of sp³-hybridized carbons (Fsp3) is 0.417. The maximum atomic E-state index is 10.8. The number of carboxylic acid groups (broad SMARTS) is 1. The Hall–Kier alpha value is -2.11. The van der Waals surface area contributed by atoms with Gasteiger partial charge >= 0.3 is 5.97 Å². The average Bonchev–Trinajstić information content (AvgIpc) is 2.83. The van der Waals surface area contributed by atoms with Gasteiger partial charge in [0.2, 0.25) is 0 Å². The van der Waals surface area contributed by atoms with Crippen LogP contribution in [0.1, 0.15) is 41.8 Å². The van der Waals surface area contributed by atoms with Gasteiger partial charge in [-0.1, -0.05) is 0 Å². The predicted molar refractivity (Wildman–Crippen MR) is 66.6 cm³/mol. The molecule has 2 heterocycles. The number of hydrogen-bond acceptors (Lipinski definition) is 3. The first-order chi connectivity index (χ1) is 8.41. The smallest absolute Gasteiger partial charge is 0.353 e. The fourth-order valence-corrected chi connectivity index (χ4v) is 2.10. The van der Waals surface area contributed by atoms with Gasteiger partial charge in [-0.3, -0.25) is 9.78 Å². The minimum atomic E-state index is -1.01. The number of aromatic carboxylic acids is 1. The van der Waals surface area contributed by atoms with E-state index in [1.54, 1.807) is 0 Å². The Morgan fingerprint density at radius 1 is 1.44 bits per heavy atom. The molecule has 0 amide bonds. The second-order valence-corrected chi connectivity index (χ2v) is 4.56. The number of rotatable bonds is 3. The molecule has 0 saturated carbocycles. The molecule has 6 nitrogen and oxygen atoms in total. The topological polar surface area (TPSA) is 83.8 Å². The summed E-state index contributed by atoms with van der Waals surface area (Å²) in [4.78, 5) is 10.8. The van der Waals surface area contributed by atoms with Crippen molar-refractivity contribution in [3.05, 3.63) is 23.1 Å². The van der Waals surface area contributed by atoms with Gasteiger partial charge in [-0.15, -0.1) is 0 Å². The Balaban J connectivity index is 2.53. The van der Waals surface area contributed by atoms with Crippen LogP contribution in [0.3, 0.4) is 0 Å². The van der Waals surface area contributed by atoms with Crippen molar-refractivity contribution in [2.24, 2.45) is 0 Å². The molecular formula is C12H16N4O2. The summed E-state index contributed by atoms with van der Waals surface area (Å²) in [5.41, 5.74) is 3.44. The van der Waals surface area contributed by atoms with Crippen LogP contribution in [0.4, 0.5) is 0 Å². The summed E-state index contributed by atoms with van der Waals surface area (Å²) in [5, 5.41) is 19.9. The summed E-state index contributed by atoms with van der Waals surface area (Å²) in [5.74, 6) is -1.01. The molecule has 0 radical (unpaired) electrons. The molecule has 96 valence electrons. The first-order valence-electron chi connectivity index (χ1n) is 5.76. The van der Waals surface area contributed by atoms with Crippen LogP contribution < -0.4 is 0 Å². The molecule has 0 saturated heterocycles. The Bertz CT molecular complexity index is 595. The predicted octanol–water partition coefficient (Wildman–Crippen LogP) is 2.17. The molecule has 2 aromatic rings. The van der Waals surface area contributed by atoms with Gasteiger partial charge in [-0.05, 0) is 33.8 Å². The summed E-state index contributed by atoms with van der Waals surface area (Å²) in [6.45, 7) is 7.97. The number of carboxylic acids is 1. The lowest BCUT2D eigenvalue weighted by Gasteiger charge is -2.07. The number of aromatic nitrogens is 4. The lowest BCUT2D eigenvalue weighted by molar-refractivity contribution is 0.0690. The van der Waals surface area contributed by atoms with Crippen LogP contribution in [0.2, 0.25) is 0 Å². The van der Waals surface area contributed by atoms with Crippen molar-refractivity contribution in [1.82, 2.24) is 20.0 Å². The van der Waals surface area contributed by atoms with E-state index < -0.39 is 5.97 Å². The summed E-state index contributed by atoms with van der Waals surface area (Å²) < 4.78 is 1.92. The van der Waals surface area contributed by atoms with E-state index in [-0.39, 0.29) is 11.7 Å². The Morgan fingerprint density at radius 2 is 2.11 bits per heavy atom.